The largest absolute Gasteiger partial charge is 0.352 e. The standard InChI is InChI=1S/C17H25ClN2O2/c1-5-12(3)19-17(22)13(4)20(16(21)6-2)11-14-8-7-9-15(18)10-14/h7-10,12-13H,5-6,11H2,1-4H3,(H,19,22)/t12-,13-/m1/s1. The van der Waals surface area contributed by atoms with Crippen LogP contribution < -0.4 is 5.32 Å². The molecule has 1 aromatic rings. The van der Waals surface area contributed by atoms with E-state index in [2.05, 4.69) is 5.32 Å². The molecule has 0 aromatic heterocycles. The highest BCUT2D eigenvalue weighted by molar-refractivity contribution is 6.30. The Morgan fingerprint density at radius 3 is 2.50 bits per heavy atom. The molecule has 1 rings (SSSR count). The van der Waals surface area contributed by atoms with Crippen LogP contribution in [-0.2, 0) is 16.1 Å². The molecule has 4 nitrogen and oxygen atoms in total. The van der Waals surface area contributed by atoms with E-state index in [1.807, 2.05) is 32.0 Å². The van der Waals surface area contributed by atoms with E-state index in [-0.39, 0.29) is 17.9 Å². The maximum Gasteiger partial charge on any atom is 0.242 e. The Labute approximate surface area is 137 Å². The normalized spacial score (nSPS) is 13.3. The average Bonchev–Trinajstić information content (AvgIpc) is 2.51. The summed E-state index contributed by atoms with van der Waals surface area (Å²) < 4.78 is 0. The van der Waals surface area contributed by atoms with Crippen molar-refractivity contribution in [2.24, 2.45) is 0 Å². The van der Waals surface area contributed by atoms with E-state index in [4.69, 9.17) is 11.6 Å². The monoisotopic (exact) mass is 324 g/mol. The van der Waals surface area contributed by atoms with Gasteiger partial charge in [0.1, 0.15) is 6.04 Å². The first-order chi connectivity index (χ1) is 10.4. The molecule has 1 N–H and O–H groups in total. The summed E-state index contributed by atoms with van der Waals surface area (Å²) >= 11 is 5.99. The Kier molecular flexibility index (Phi) is 7.39. The lowest BCUT2D eigenvalue weighted by molar-refractivity contribution is -0.140. The van der Waals surface area contributed by atoms with Gasteiger partial charge in [-0.05, 0) is 38.0 Å². The second-order valence-electron chi connectivity index (χ2n) is 5.50. The summed E-state index contributed by atoms with van der Waals surface area (Å²) in [6, 6.07) is 6.93. The van der Waals surface area contributed by atoms with Gasteiger partial charge in [0.25, 0.3) is 0 Å². The molecule has 5 heteroatoms. The molecule has 0 aliphatic carbocycles. The van der Waals surface area contributed by atoms with Gasteiger partial charge in [-0.1, -0.05) is 37.6 Å². The number of hydrogen-bond acceptors (Lipinski definition) is 2. The first kappa shape index (κ1) is 18.5. The second kappa shape index (κ2) is 8.79. The molecule has 0 heterocycles. The molecule has 0 aliphatic rings. The number of benzene rings is 1. The smallest absolute Gasteiger partial charge is 0.242 e. The van der Waals surface area contributed by atoms with Crippen LogP contribution in [0.2, 0.25) is 5.02 Å². The van der Waals surface area contributed by atoms with Gasteiger partial charge < -0.3 is 10.2 Å². The first-order valence-corrected chi connectivity index (χ1v) is 8.11. The topological polar surface area (TPSA) is 49.4 Å². The van der Waals surface area contributed by atoms with Crippen molar-refractivity contribution in [2.45, 2.75) is 59.2 Å². The highest BCUT2D eigenvalue weighted by atomic mass is 35.5. The molecule has 1 aromatic carbocycles. The molecule has 0 aliphatic heterocycles. The van der Waals surface area contributed by atoms with Crippen molar-refractivity contribution in [2.75, 3.05) is 0 Å². The predicted octanol–water partition coefficient (Wildman–Crippen LogP) is 3.38. The van der Waals surface area contributed by atoms with Crippen molar-refractivity contribution in [3.05, 3.63) is 34.9 Å². The Bertz CT molecular complexity index is 519. The minimum absolute atomic E-state index is 0.0493. The molecule has 0 spiro atoms. The zero-order chi connectivity index (χ0) is 16.7. The SMILES string of the molecule is CCC(=O)N(Cc1cccc(Cl)c1)[C@H](C)C(=O)N[C@H](C)CC. The van der Waals surface area contributed by atoms with Crippen molar-refractivity contribution >= 4 is 23.4 Å². The van der Waals surface area contributed by atoms with E-state index < -0.39 is 6.04 Å². The van der Waals surface area contributed by atoms with Crippen LogP contribution in [0.5, 0.6) is 0 Å². The molecular formula is C17H25ClN2O2. The molecule has 0 unspecified atom stereocenters. The highest BCUT2D eigenvalue weighted by Gasteiger charge is 2.25. The lowest BCUT2D eigenvalue weighted by Gasteiger charge is -2.29. The molecule has 2 amide bonds. The fourth-order valence-electron chi connectivity index (χ4n) is 2.08. The molecular weight excluding hydrogens is 300 g/mol. The molecule has 0 bridgehead atoms. The van der Waals surface area contributed by atoms with Crippen molar-refractivity contribution in [1.82, 2.24) is 10.2 Å². The van der Waals surface area contributed by atoms with Gasteiger partial charge in [-0.2, -0.15) is 0 Å². The third-order valence-electron chi connectivity index (χ3n) is 3.71. The van der Waals surface area contributed by atoms with E-state index in [1.165, 1.54) is 0 Å². The second-order valence-corrected chi connectivity index (χ2v) is 5.94. The predicted molar refractivity (Wildman–Crippen MR) is 89.7 cm³/mol. The van der Waals surface area contributed by atoms with Crippen LogP contribution in [-0.4, -0.2) is 28.8 Å². The van der Waals surface area contributed by atoms with Crippen molar-refractivity contribution in [1.29, 1.82) is 0 Å². The third-order valence-corrected chi connectivity index (χ3v) is 3.95. The van der Waals surface area contributed by atoms with Gasteiger partial charge in [-0.3, -0.25) is 9.59 Å². The number of amides is 2. The lowest BCUT2D eigenvalue weighted by Crippen LogP contribution is -2.49. The number of nitrogens with one attached hydrogen (secondary N) is 1. The summed E-state index contributed by atoms with van der Waals surface area (Å²) in [5.41, 5.74) is 0.914. The van der Waals surface area contributed by atoms with Crippen molar-refractivity contribution in [3.8, 4) is 0 Å². The maximum atomic E-state index is 12.3. The third kappa shape index (κ3) is 5.34. The van der Waals surface area contributed by atoms with E-state index >= 15 is 0 Å². The summed E-state index contributed by atoms with van der Waals surface area (Å²) in [6.45, 7) is 7.90. The number of carbonyl (C=O) groups is 2. The molecule has 0 radical (unpaired) electrons. The number of halogens is 1. The fourth-order valence-corrected chi connectivity index (χ4v) is 2.30. The summed E-state index contributed by atoms with van der Waals surface area (Å²) in [7, 11) is 0. The van der Waals surface area contributed by atoms with Crippen LogP contribution in [0, 0.1) is 0 Å². The molecule has 0 saturated heterocycles. The van der Waals surface area contributed by atoms with Gasteiger partial charge in [-0.15, -0.1) is 0 Å². The summed E-state index contributed by atoms with van der Waals surface area (Å²) in [5.74, 6) is -0.176. The van der Waals surface area contributed by atoms with Gasteiger partial charge >= 0.3 is 0 Å². The number of rotatable bonds is 7. The highest BCUT2D eigenvalue weighted by Crippen LogP contribution is 2.15. The van der Waals surface area contributed by atoms with Gasteiger partial charge in [0.05, 0.1) is 0 Å². The fraction of sp³-hybridized carbons (Fsp3) is 0.529. The number of hydrogen-bond donors (Lipinski definition) is 1. The number of nitrogens with zero attached hydrogens (tertiary/aromatic N) is 1. The van der Waals surface area contributed by atoms with E-state index in [0.29, 0.717) is 18.0 Å². The van der Waals surface area contributed by atoms with Gasteiger partial charge in [0, 0.05) is 24.0 Å². The van der Waals surface area contributed by atoms with Crippen LogP contribution in [0.4, 0.5) is 0 Å². The lowest BCUT2D eigenvalue weighted by atomic mass is 10.1. The zero-order valence-electron chi connectivity index (χ0n) is 13.7. The Balaban J connectivity index is 2.88. The number of carbonyl (C=O) groups excluding carboxylic acids is 2. The van der Waals surface area contributed by atoms with Gasteiger partial charge in [-0.25, -0.2) is 0 Å². The van der Waals surface area contributed by atoms with Gasteiger partial charge in [0.2, 0.25) is 11.8 Å². The Morgan fingerprint density at radius 1 is 1.27 bits per heavy atom. The summed E-state index contributed by atoms with van der Waals surface area (Å²) in [5, 5.41) is 3.55. The van der Waals surface area contributed by atoms with Crippen LogP contribution in [0.1, 0.15) is 46.1 Å². The first-order valence-electron chi connectivity index (χ1n) is 7.73. The van der Waals surface area contributed by atoms with Crippen molar-refractivity contribution in [3.63, 3.8) is 0 Å². The van der Waals surface area contributed by atoms with Gasteiger partial charge in [0.15, 0.2) is 0 Å². The van der Waals surface area contributed by atoms with E-state index in [9.17, 15) is 9.59 Å². The zero-order valence-corrected chi connectivity index (χ0v) is 14.5. The molecule has 0 saturated carbocycles. The minimum Gasteiger partial charge on any atom is -0.352 e. The molecule has 122 valence electrons. The summed E-state index contributed by atoms with van der Waals surface area (Å²) in [6.07, 6.45) is 1.22. The summed E-state index contributed by atoms with van der Waals surface area (Å²) in [4.78, 5) is 26.1. The van der Waals surface area contributed by atoms with Crippen molar-refractivity contribution < 1.29 is 9.59 Å². The van der Waals surface area contributed by atoms with E-state index in [1.54, 1.807) is 24.8 Å². The Morgan fingerprint density at radius 2 is 1.95 bits per heavy atom. The Hall–Kier alpha value is -1.55. The molecule has 0 fully saturated rings. The minimum atomic E-state index is -0.513. The van der Waals surface area contributed by atoms with Crippen LogP contribution in [0.3, 0.4) is 0 Å². The molecule has 22 heavy (non-hydrogen) atoms. The quantitative estimate of drug-likeness (QED) is 0.836. The van der Waals surface area contributed by atoms with Crippen LogP contribution >= 0.6 is 11.6 Å². The average molecular weight is 325 g/mol. The maximum absolute atomic E-state index is 12.3. The van der Waals surface area contributed by atoms with Crippen LogP contribution in [0.25, 0.3) is 0 Å². The van der Waals surface area contributed by atoms with Crippen LogP contribution in [0.15, 0.2) is 24.3 Å². The van der Waals surface area contributed by atoms with E-state index in [0.717, 1.165) is 12.0 Å². The molecule has 2 atom stereocenters.